The summed E-state index contributed by atoms with van der Waals surface area (Å²) in [5.41, 5.74) is 0. The van der Waals surface area contributed by atoms with Crippen LogP contribution in [-0.4, -0.2) is 56.4 Å². The number of methoxy groups -OCH3 is 1. The van der Waals surface area contributed by atoms with Crippen molar-refractivity contribution < 1.29 is 19.3 Å². The van der Waals surface area contributed by atoms with Crippen LogP contribution in [0.5, 0.6) is 0 Å². The fourth-order valence-electron chi connectivity index (χ4n) is 0.822. The van der Waals surface area contributed by atoms with Crippen molar-refractivity contribution in [2.45, 2.75) is 13.2 Å². The Morgan fingerprint density at radius 1 is 1.21 bits per heavy atom. The number of thioether (sulfide) groups is 1. The lowest BCUT2D eigenvalue weighted by atomic mass is 10.6. The molecular weight excluding hydrogens is 204 g/mol. The Bertz CT molecular complexity index is 113. The van der Waals surface area contributed by atoms with Crippen molar-refractivity contribution in [1.82, 2.24) is 0 Å². The van der Waals surface area contributed by atoms with Crippen LogP contribution in [0.15, 0.2) is 0 Å². The van der Waals surface area contributed by atoms with Crippen LogP contribution in [-0.2, 0) is 14.2 Å². The number of aliphatic hydroxyl groups excluding tert-OH is 1. The average molecular weight is 224 g/mol. The van der Waals surface area contributed by atoms with Gasteiger partial charge in [0.2, 0.25) is 0 Å². The van der Waals surface area contributed by atoms with E-state index in [1.165, 1.54) is 0 Å². The van der Waals surface area contributed by atoms with Crippen molar-refractivity contribution in [1.29, 1.82) is 0 Å². The Balaban J connectivity index is 3.15. The van der Waals surface area contributed by atoms with Crippen LogP contribution in [0, 0.1) is 0 Å². The predicted octanol–water partition coefficient (Wildman–Crippen LogP) is 0.738. The molecule has 86 valence electrons. The molecule has 0 saturated carbocycles. The van der Waals surface area contributed by atoms with Gasteiger partial charge in [0.25, 0.3) is 0 Å². The first-order valence-corrected chi connectivity index (χ1v) is 5.91. The molecule has 0 aliphatic carbocycles. The first kappa shape index (κ1) is 14.2. The second-order valence-electron chi connectivity index (χ2n) is 2.54. The molecule has 0 aromatic rings. The number of aliphatic hydroxyl groups is 1. The number of ether oxygens (including phenoxy) is 3. The summed E-state index contributed by atoms with van der Waals surface area (Å²) in [6, 6.07) is 0. The highest BCUT2D eigenvalue weighted by Gasteiger charge is 2.05. The fourth-order valence-corrected chi connectivity index (χ4v) is 1.52. The predicted molar refractivity (Wildman–Crippen MR) is 57.7 cm³/mol. The molecule has 0 aliphatic heterocycles. The van der Waals surface area contributed by atoms with Crippen LogP contribution in [0.4, 0.5) is 0 Å². The Morgan fingerprint density at radius 3 is 2.50 bits per heavy atom. The monoisotopic (exact) mass is 224 g/mol. The minimum absolute atomic E-state index is 0.0867. The zero-order valence-electron chi connectivity index (χ0n) is 8.90. The van der Waals surface area contributed by atoms with Crippen molar-refractivity contribution in [2.75, 3.05) is 45.0 Å². The molecule has 5 heteroatoms. The number of hydrogen-bond acceptors (Lipinski definition) is 5. The Labute approximate surface area is 89.9 Å². The smallest absolute Gasteiger partial charge is 0.180 e. The molecule has 0 aliphatic rings. The van der Waals surface area contributed by atoms with E-state index in [9.17, 15) is 0 Å². The topological polar surface area (TPSA) is 47.9 Å². The van der Waals surface area contributed by atoms with E-state index in [0.717, 1.165) is 18.1 Å². The second-order valence-corrected chi connectivity index (χ2v) is 3.77. The Morgan fingerprint density at radius 2 is 1.93 bits per heavy atom. The quantitative estimate of drug-likeness (QED) is 0.438. The van der Waals surface area contributed by atoms with Crippen molar-refractivity contribution in [3.05, 3.63) is 0 Å². The number of hydrogen-bond donors (Lipinski definition) is 1. The molecule has 1 unspecified atom stereocenters. The highest BCUT2D eigenvalue weighted by Crippen LogP contribution is 2.01. The van der Waals surface area contributed by atoms with Gasteiger partial charge >= 0.3 is 0 Å². The van der Waals surface area contributed by atoms with Crippen LogP contribution in [0.25, 0.3) is 0 Å². The lowest BCUT2D eigenvalue weighted by Crippen LogP contribution is -2.22. The maximum Gasteiger partial charge on any atom is 0.180 e. The molecule has 0 spiro atoms. The molecule has 0 amide bonds. The summed E-state index contributed by atoms with van der Waals surface area (Å²) in [5.74, 6) is 1.87. The zero-order valence-corrected chi connectivity index (χ0v) is 9.72. The molecule has 0 rings (SSSR count). The van der Waals surface area contributed by atoms with Crippen LogP contribution in [0.3, 0.4) is 0 Å². The van der Waals surface area contributed by atoms with Gasteiger partial charge in [-0.15, -0.1) is 0 Å². The van der Waals surface area contributed by atoms with E-state index in [4.69, 9.17) is 19.3 Å². The van der Waals surface area contributed by atoms with E-state index in [1.807, 2.05) is 6.92 Å². The molecule has 0 saturated heterocycles. The molecule has 14 heavy (non-hydrogen) atoms. The van der Waals surface area contributed by atoms with Gasteiger partial charge in [-0.3, -0.25) is 0 Å². The van der Waals surface area contributed by atoms with Gasteiger partial charge in [0.15, 0.2) is 6.29 Å². The zero-order chi connectivity index (χ0) is 10.6. The third-order valence-corrected chi connectivity index (χ3v) is 2.38. The van der Waals surface area contributed by atoms with E-state index >= 15 is 0 Å². The van der Waals surface area contributed by atoms with Gasteiger partial charge in [-0.05, 0) is 6.92 Å². The summed E-state index contributed by atoms with van der Waals surface area (Å²) in [4.78, 5) is 0. The summed E-state index contributed by atoms with van der Waals surface area (Å²) in [5, 5.41) is 8.82. The van der Waals surface area contributed by atoms with Gasteiger partial charge in [-0.25, -0.2) is 0 Å². The van der Waals surface area contributed by atoms with Gasteiger partial charge in [0, 0.05) is 25.2 Å². The van der Waals surface area contributed by atoms with E-state index in [0.29, 0.717) is 13.2 Å². The maximum absolute atomic E-state index is 8.82. The van der Waals surface area contributed by atoms with Gasteiger partial charge < -0.3 is 19.3 Å². The Kier molecular flexibility index (Phi) is 11.4. The SMILES string of the molecule is CCOC(CO)OCCSCCOC. The minimum atomic E-state index is -0.469. The highest BCUT2D eigenvalue weighted by atomic mass is 32.2. The third kappa shape index (κ3) is 8.77. The summed E-state index contributed by atoms with van der Waals surface area (Å²) < 4.78 is 15.3. The molecule has 0 bridgehead atoms. The van der Waals surface area contributed by atoms with Gasteiger partial charge in [-0.2, -0.15) is 11.8 Å². The number of rotatable bonds is 10. The van der Waals surface area contributed by atoms with Crippen molar-refractivity contribution in [3.63, 3.8) is 0 Å². The average Bonchev–Trinajstić information content (AvgIpc) is 2.21. The second kappa shape index (κ2) is 11.3. The summed E-state index contributed by atoms with van der Waals surface area (Å²) in [6.45, 7) is 3.71. The van der Waals surface area contributed by atoms with E-state index in [2.05, 4.69) is 0 Å². The third-order valence-electron chi connectivity index (χ3n) is 1.46. The molecule has 4 nitrogen and oxygen atoms in total. The van der Waals surface area contributed by atoms with Gasteiger partial charge in [-0.1, -0.05) is 0 Å². The fraction of sp³-hybridized carbons (Fsp3) is 1.00. The summed E-state index contributed by atoms with van der Waals surface area (Å²) >= 11 is 1.76. The molecule has 0 radical (unpaired) electrons. The molecule has 0 fully saturated rings. The molecule has 0 aromatic carbocycles. The van der Waals surface area contributed by atoms with Crippen LogP contribution >= 0.6 is 11.8 Å². The standard InChI is InChI=1S/C9H20O4S/c1-3-12-9(8-10)13-5-7-14-6-4-11-2/h9-10H,3-8H2,1-2H3. The molecule has 1 atom stereocenters. The largest absolute Gasteiger partial charge is 0.391 e. The van der Waals surface area contributed by atoms with Gasteiger partial charge in [0.1, 0.15) is 0 Å². The maximum atomic E-state index is 8.82. The summed E-state index contributed by atoms with van der Waals surface area (Å²) in [6.07, 6.45) is -0.469. The van der Waals surface area contributed by atoms with E-state index in [-0.39, 0.29) is 6.61 Å². The minimum Gasteiger partial charge on any atom is -0.391 e. The highest BCUT2D eigenvalue weighted by molar-refractivity contribution is 7.99. The lowest BCUT2D eigenvalue weighted by Gasteiger charge is -2.14. The van der Waals surface area contributed by atoms with E-state index in [1.54, 1.807) is 18.9 Å². The van der Waals surface area contributed by atoms with Crippen molar-refractivity contribution in [2.24, 2.45) is 0 Å². The van der Waals surface area contributed by atoms with Crippen LogP contribution in [0.1, 0.15) is 6.92 Å². The van der Waals surface area contributed by atoms with Crippen LogP contribution in [0.2, 0.25) is 0 Å². The first-order valence-electron chi connectivity index (χ1n) is 4.75. The molecular formula is C9H20O4S. The van der Waals surface area contributed by atoms with Gasteiger partial charge in [0.05, 0.1) is 19.8 Å². The van der Waals surface area contributed by atoms with Crippen molar-refractivity contribution >= 4 is 11.8 Å². The molecule has 0 heterocycles. The lowest BCUT2D eigenvalue weighted by molar-refractivity contribution is -0.156. The van der Waals surface area contributed by atoms with E-state index < -0.39 is 6.29 Å². The molecule has 1 N–H and O–H groups in total. The summed E-state index contributed by atoms with van der Waals surface area (Å²) in [7, 11) is 1.69. The Hall–Kier alpha value is 0.190. The first-order chi connectivity index (χ1) is 6.85. The normalized spacial score (nSPS) is 13.1. The van der Waals surface area contributed by atoms with Crippen molar-refractivity contribution in [3.8, 4) is 0 Å². The van der Waals surface area contributed by atoms with Crippen LogP contribution < -0.4 is 0 Å². The molecule has 0 aromatic heterocycles.